The minimum atomic E-state index is -0.772. The van der Waals surface area contributed by atoms with Crippen LogP contribution in [0.5, 0.6) is 0 Å². The van der Waals surface area contributed by atoms with Crippen molar-refractivity contribution in [3.63, 3.8) is 0 Å². The van der Waals surface area contributed by atoms with Gasteiger partial charge in [0.15, 0.2) is 5.78 Å². The highest BCUT2D eigenvalue weighted by atomic mass is 16.4. The molecule has 0 rings (SSSR count). The molecule has 0 amide bonds. The summed E-state index contributed by atoms with van der Waals surface area (Å²) in [7, 11) is 1.77. The molecule has 4 nitrogen and oxygen atoms in total. The number of unbranched alkanes of at least 4 members (excludes halogenated alkanes) is 1. The molecule has 0 radical (unpaired) electrons. The predicted molar refractivity (Wildman–Crippen MR) is 58.8 cm³/mol. The van der Waals surface area contributed by atoms with Crippen LogP contribution in [0.25, 0.3) is 0 Å². The van der Waals surface area contributed by atoms with Crippen LogP contribution in [0, 0.1) is 5.92 Å². The van der Waals surface area contributed by atoms with Gasteiger partial charge in [-0.25, -0.2) is 0 Å². The molecule has 0 aromatic carbocycles. The fourth-order valence-corrected chi connectivity index (χ4v) is 1.46. The Balaban J connectivity index is 3.80. The zero-order valence-corrected chi connectivity index (χ0v) is 9.75. The molecule has 1 unspecified atom stereocenters. The van der Waals surface area contributed by atoms with Crippen molar-refractivity contribution >= 4 is 11.8 Å². The average molecular weight is 215 g/mol. The Bertz CT molecular complexity index is 214. The Kier molecular flexibility index (Phi) is 6.96. The van der Waals surface area contributed by atoms with Gasteiger partial charge in [0, 0.05) is 12.3 Å². The maximum absolute atomic E-state index is 11.6. The Hall–Kier alpha value is -0.900. The Morgan fingerprint density at radius 3 is 2.27 bits per heavy atom. The van der Waals surface area contributed by atoms with Crippen molar-refractivity contribution in [2.24, 2.45) is 5.92 Å². The minimum Gasteiger partial charge on any atom is -0.481 e. The number of carboxylic acids is 1. The highest BCUT2D eigenvalue weighted by Gasteiger charge is 2.18. The lowest BCUT2D eigenvalue weighted by Crippen LogP contribution is -2.36. The second-order valence-electron chi connectivity index (χ2n) is 4.04. The van der Waals surface area contributed by atoms with Crippen molar-refractivity contribution in [3.05, 3.63) is 0 Å². The van der Waals surface area contributed by atoms with Gasteiger partial charge in [0.2, 0.25) is 0 Å². The molecule has 88 valence electrons. The number of carbonyl (C=O) groups is 2. The maximum atomic E-state index is 11.6. The third-order valence-electron chi connectivity index (χ3n) is 2.39. The molecule has 0 saturated heterocycles. The first-order valence-corrected chi connectivity index (χ1v) is 5.41. The number of hydrogen-bond donors (Lipinski definition) is 2. The largest absolute Gasteiger partial charge is 0.481 e. The highest BCUT2D eigenvalue weighted by molar-refractivity contribution is 5.85. The van der Waals surface area contributed by atoms with Gasteiger partial charge in [-0.1, -0.05) is 20.3 Å². The fraction of sp³-hybridized carbons (Fsp3) is 0.818. The number of Topliss-reactive ketones (excluding diaryl/α,β-unsaturated/α-hetero) is 1. The molecular weight excluding hydrogens is 194 g/mol. The second kappa shape index (κ2) is 7.40. The summed E-state index contributed by atoms with van der Waals surface area (Å²) in [5, 5.41) is 11.4. The van der Waals surface area contributed by atoms with E-state index < -0.39 is 5.97 Å². The monoisotopic (exact) mass is 215 g/mol. The molecular formula is C11H21NO3. The van der Waals surface area contributed by atoms with E-state index in [1.165, 1.54) is 0 Å². The van der Waals surface area contributed by atoms with E-state index in [4.69, 9.17) is 5.11 Å². The van der Waals surface area contributed by atoms with Gasteiger partial charge in [-0.15, -0.1) is 0 Å². The molecule has 15 heavy (non-hydrogen) atoms. The summed E-state index contributed by atoms with van der Waals surface area (Å²) in [6, 6.07) is -0.126. The summed E-state index contributed by atoms with van der Waals surface area (Å²) >= 11 is 0. The molecule has 0 heterocycles. The van der Waals surface area contributed by atoms with E-state index in [1.807, 2.05) is 13.8 Å². The first-order chi connectivity index (χ1) is 6.99. The summed E-state index contributed by atoms with van der Waals surface area (Å²) in [5.41, 5.74) is 0. The number of rotatable bonds is 8. The summed E-state index contributed by atoms with van der Waals surface area (Å²) in [4.78, 5) is 21.9. The Morgan fingerprint density at radius 2 is 1.87 bits per heavy atom. The number of ketones is 1. The second-order valence-corrected chi connectivity index (χ2v) is 4.04. The van der Waals surface area contributed by atoms with E-state index in [0.29, 0.717) is 6.42 Å². The Morgan fingerprint density at radius 1 is 1.27 bits per heavy atom. The summed E-state index contributed by atoms with van der Waals surface area (Å²) in [6.07, 6.45) is 2.32. The van der Waals surface area contributed by atoms with Crippen LogP contribution < -0.4 is 5.32 Å². The fourth-order valence-electron chi connectivity index (χ4n) is 1.46. The van der Waals surface area contributed by atoms with Crippen LogP contribution in [0.3, 0.4) is 0 Å². The van der Waals surface area contributed by atoms with Crippen LogP contribution in [0.4, 0.5) is 0 Å². The number of carboxylic acid groups (broad SMARTS) is 1. The zero-order valence-electron chi connectivity index (χ0n) is 9.75. The first kappa shape index (κ1) is 14.1. The molecule has 4 heteroatoms. The van der Waals surface area contributed by atoms with E-state index in [2.05, 4.69) is 5.32 Å². The zero-order chi connectivity index (χ0) is 11.8. The molecule has 0 aliphatic heterocycles. The lowest BCUT2D eigenvalue weighted by Gasteiger charge is -2.16. The standard InChI is InChI=1S/C11H21NO3/c1-8(2)11(15)9(12-3)6-4-5-7-10(13)14/h8-9,12H,4-7H2,1-3H3,(H,13,14). The molecule has 0 aromatic rings. The number of aliphatic carboxylic acids is 1. The quantitative estimate of drug-likeness (QED) is 0.601. The molecule has 0 aliphatic rings. The number of hydrogen-bond acceptors (Lipinski definition) is 3. The van der Waals surface area contributed by atoms with Gasteiger partial charge < -0.3 is 10.4 Å². The van der Waals surface area contributed by atoms with Gasteiger partial charge in [-0.05, 0) is 19.9 Å². The van der Waals surface area contributed by atoms with Crippen molar-refractivity contribution in [1.29, 1.82) is 0 Å². The van der Waals surface area contributed by atoms with Gasteiger partial charge in [0.1, 0.15) is 0 Å². The first-order valence-electron chi connectivity index (χ1n) is 5.41. The average Bonchev–Trinajstić information content (AvgIpc) is 2.16. The summed E-state index contributed by atoms with van der Waals surface area (Å²) < 4.78 is 0. The van der Waals surface area contributed by atoms with Crippen molar-refractivity contribution < 1.29 is 14.7 Å². The van der Waals surface area contributed by atoms with E-state index in [1.54, 1.807) is 7.05 Å². The van der Waals surface area contributed by atoms with E-state index in [-0.39, 0.29) is 24.2 Å². The number of nitrogens with one attached hydrogen (secondary N) is 1. The van der Waals surface area contributed by atoms with Crippen LogP contribution in [-0.2, 0) is 9.59 Å². The lowest BCUT2D eigenvalue weighted by molar-refractivity contribution is -0.137. The van der Waals surface area contributed by atoms with E-state index >= 15 is 0 Å². The number of carbonyl (C=O) groups excluding carboxylic acids is 1. The SMILES string of the molecule is CNC(CCCCC(=O)O)C(=O)C(C)C. The summed E-state index contributed by atoms with van der Waals surface area (Å²) in [6.45, 7) is 3.76. The molecule has 0 bridgehead atoms. The van der Waals surface area contributed by atoms with Crippen molar-refractivity contribution in [3.8, 4) is 0 Å². The topological polar surface area (TPSA) is 66.4 Å². The molecule has 0 aliphatic carbocycles. The minimum absolute atomic E-state index is 0.0296. The van der Waals surface area contributed by atoms with Crippen molar-refractivity contribution in [2.75, 3.05) is 7.05 Å². The van der Waals surface area contributed by atoms with Crippen LogP contribution in [-0.4, -0.2) is 29.9 Å². The molecule has 0 spiro atoms. The predicted octanol–water partition coefficient (Wildman–Crippen LogP) is 1.44. The number of likely N-dealkylation sites (N-methyl/N-ethyl adjacent to an activating group) is 1. The third-order valence-corrected chi connectivity index (χ3v) is 2.39. The van der Waals surface area contributed by atoms with Crippen molar-refractivity contribution in [1.82, 2.24) is 5.32 Å². The van der Waals surface area contributed by atoms with Crippen molar-refractivity contribution in [2.45, 2.75) is 45.6 Å². The third kappa shape index (κ3) is 6.23. The van der Waals surface area contributed by atoms with Crippen LogP contribution in [0.15, 0.2) is 0 Å². The smallest absolute Gasteiger partial charge is 0.303 e. The molecule has 0 fully saturated rings. The molecule has 2 N–H and O–H groups in total. The van der Waals surface area contributed by atoms with Crippen LogP contribution in [0.1, 0.15) is 39.5 Å². The van der Waals surface area contributed by atoms with Gasteiger partial charge in [-0.3, -0.25) is 9.59 Å². The summed E-state index contributed by atoms with van der Waals surface area (Å²) in [5.74, 6) is -0.541. The van der Waals surface area contributed by atoms with Crippen LogP contribution in [0.2, 0.25) is 0 Å². The van der Waals surface area contributed by atoms with Gasteiger partial charge >= 0.3 is 5.97 Å². The normalized spacial score (nSPS) is 12.8. The van der Waals surface area contributed by atoms with E-state index in [0.717, 1.165) is 12.8 Å². The molecule has 0 aromatic heterocycles. The van der Waals surface area contributed by atoms with E-state index in [9.17, 15) is 9.59 Å². The highest BCUT2D eigenvalue weighted by Crippen LogP contribution is 2.08. The van der Waals surface area contributed by atoms with Gasteiger partial charge in [0.25, 0.3) is 0 Å². The lowest BCUT2D eigenvalue weighted by atomic mass is 9.97. The molecule has 0 saturated carbocycles. The van der Waals surface area contributed by atoms with Crippen LogP contribution >= 0.6 is 0 Å². The van der Waals surface area contributed by atoms with Gasteiger partial charge in [-0.2, -0.15) is 0 Å². The molecule has 1 atom stereocenters. The maximum Gasteiger partial charge on any atom is 0.303 e. The van der Waals surface area contributed by atoms with Gasteiger partial charge in [0.05, 0.1) is 6.04 Å². The Labute approximate surface area is 91.1 Å².